The van der Waals surface area contributed by atoms with Gasteiger partial charge >= 0.3 is 0 Å². The lowest BCUT2D eigenvalue weighted by atomic mass is 9.80. The number of unbranched alkanes of at least 4 members (excludes halogenated alkanes) is 1. The lowest BCUT2D eigenvalue weighted by Crippen LogP contribution is -2.49. The van der Waals surface area contributed by atoms with Crippen LogP contribution in [0.4, 0.5) is 0 Å². The second-order valence-corrected chi connectivity index (χ2v) is 5.76. The van der Waals surface area contributed by atoms with E-state index in [4.69, 9.17) is 5.73 Å². The molecule has 3 unspecified atom stereocenters. The molecule has 0 radical (unpaired) electrons. The molecule has 0 heterocycles. The molecule has 4 atom stereocenters. The third-order valence-corrected chi connectivity index (χ3v) is 3.96. The minimum Gasteiger partial charge on any atom is -0.352 e. The van der Waals surface area contributed by atoms with E-state index in [1.807, 2.05) is 0 Å². The Hall–Kier alpha value is -0.570. The van der Waals surface area contributed by atoms with Crippen molar-refractivity contribution < 1.29 is 4.79 Å². The van der Waals surface area contributed by atoms with Crippen LogP contribution in [0.5, 0.6) is 0 Å². The van der Waals surface area contributed by atoms with Crippen LogP contribution >= 0.6 is 0 Å². The number of rotatable bonds is 5. The lowest BCUT2D eigenvalue weighted by Gasteiger charge is -2.33. The average molecular weight is 240 g/mol. The molecule has 1 rings (SSSR count). The van der Waals surface area contributed by atoms with Crippen molar-refractivity contribution in [3.05, 3.63) is 0 Å². The van der Waals surface area contributed by atoms with Crippen LogP contribution in [0.1, 0.15) is 59.3 Å². The highest BCUT2D eigenvalue weighted by atomic mass is 16.2. The van der Waals surface area contributed by atoms with Gasteiger partial charge in [-0.3, -0.25) is 4.79 Å². The van der Waals surface area contributed by atoms with Gasteiger partial charge in [-0.1, -0.05) is 33.6 Å². The molecule has 1 saturated carbocycles. The molecule has 1 amide bonds. The smallest absolute Gasteiger partial charge is 0.237 e. The largest absolute Gasteiger partial charge is 0.352 e. The number of carbonyl (C=O) groups excluding carboxylic acids is 1. The van der Waals surface area contributed by atoms with Crippen LogP contribution in [0.3, 0.4) is 0 Å². The van der Waals surface area contributed by atoms with Gasteiger partial charge < -0.3 is 11.1 Å². The monoisotopic (exact) mass is 240 g/mol. The van der Waals surface area contributed by atoms with Crippen molar-refractivity contribution in [1.29, 1.82) is 0 Å². The fraction of sp³-hybridized carbons (Fsp3) is 0.929. The van der Waals surface area contributed by atoms with Gasteiger partial charge in [0.2, 0.25) is 5.91 Å². The van der Waals surface area contributed by atoms with Crippen LogP contribution in [0.25, 0.3) is 0 Å². The molecule has 1 fully saturated rings. The Morgan fingerprint density at radius 3 is 2.71 bits per heavy atom. The second-order valence-electron chi connectivity index (χ2n) is 5.76. The first kappa shape index (κ1) is 14.5. The van der Waals surface area contributed by atoms with Gasteiger partial charge in [0, 0.05) is 6.04 Å². The van der Waals surface area contributed by atoms with Crippen molar-refractivity contribution in [2.24, 2.45) is 17.6 Å². The molecule has 0 aromatic heterocycles. The fourth-order valence-corrected chi connectivity index (χ4v) is 2.72. The molecule has 0 saturated heterocycles. The third-order valence-electron chi connectivity index (χ3n) is 3.96. The molecular formula is C14H28N2O. The van der Waals surface area contributed by atoms with E-state index < -0.39 is 0 Å². The summed E-state index contributed by atoms with van der Waals surface area (Å²) in [4.78, 5) is 11.9. The molecule has 3 heteroatoms. The van der Waals surface area contributed by atoms with Crippen LogP contribution in [0, 0.1) is 11.8 Å². The van der Waals surface area contributed by atoms with Crippen molar-refractivity contribution in [2.45, 2.75) is 71.4 Å². The second kappa shape index (κ2) is 7.00. The SMILES string of the molecule is CCCC[C@H](N)C(=O)NC1CCC(C)CC1C. The van der Waals surface area contributed by atoms with E-state index in [2.05, 4.69) is 26.1 Å². The van der Waals surface area contributed by atoms with Gasteiger partial charge in [0.15, 0.2) is 0 Å². The van der Waals surface area contributed by atoms with E-state index in [9.17, 15) is 4.79 Å². The van der Waals surface area contributed by atoms with Crippen molar-refractivity contribution in [3.63, 3.8) is 0 Å². The van der Waals surface area contributed by atoms with Gasteiger partial charge in [0.1, 0.15) is 0 Å². The highest BCUT2D eigenvalue weighted by Gasteiger charge is 2.27. The average Bonchev–Trinajstić information content (AvgIpc) is 2.29. The van der Waals surface area contributed by atoms with Crippen LogP contribution in [0.2, 0.25) is 0 Å². The molecule has 17 heavy (non-hydrogen) atoms. The Morgan fingerprint density at radius 2 is 2.12 bits per heavy atom. The van der Waals surface area contributed by atoms with Gasteiger partial charge in [-0.15, -0.1) is 0 Å². The summed E-state index contributed by atoms with van der Waals surface area (Å²) in [5.41, 5.74) is 5.88. The van der Waals surface area contributed by atoms with Crippen LogP contribution in [-0.2, 0) is 4.79 Å². The van der Waals surface area contributed by atoms with Crippen molar-refractivity contribution in [3.8, 4) is 0 Å². The first-order chi connectivity index (χ1) is 8.04. The first-order valence-corrected chi connectivity index (χ1v) is 7.10. The van der Waals surface area contributed by atoms with Gasteiger partial charge in [0.25, 0.3) is 0 Å². The molecule has 0 aliphatic heterocycles. The zero-order chi connectivity index (χ0) is 12.8. The molecule has 1 aliphatic rings. The summed E-state index contributed by atoms with van der Waals surface area (Å²) in [5, 5.41) is 3.13. The normalized spacial score (nSPS) is 30.9. The van der Waals surface area contributed by atoms with E-state index in [0.717, 1.165) is 31.6 Å². The summed E-state index contributed by atoms with van der Waals surface area (Å²) >= 11 is 0. The zero-order valence-corrected chi connectivity index (χ0v) is 11.5. The number of hydrogen-bond acceptors (Lipinski definition) is 2. The van der Waals surface area contributed by atoms with Crippen LogP contribution in [-0.4, -0.2) is 18.0 Å². The molecular weight excluding hydrogens is 212 g/mol. The summed E-state index contributed by atoms with van der Waals surface area (Å²) in [6.07, 6.45) is 6.48. The summed E-state index contributed by atoms with van der Waals surface area (Å²) < 4.78 is 0. The molecule has 100 valence electrons. The topological polar surface area (TPSA) is 55.1 Å². The number of nitrogens with one attached hydrogen (secondary N) is 1. The standard InChI is InChI=1S/C14H28N2O/c1-4-5-6-12(15)14(17)16-13-8-7-10(2)9-11(13)3/h10-13H,4-9,15H2,1-3H3,(H,16,17)/t10?,11?,12-,13?/m0/s1. The molecule has 1 aliphatic carbocycles. The quantitative estimate of drug-likeness (QED) is 0.775. The van der Waals surface area contributed by atoms with E-state index in [0.29, 0.717) is 12.0 Å². The molecule has 0 aromatic rings. The summed E-state index contributed by atoms with van der Waals surface area (Å²) in [7, 11) is 0. The Morgan fingerprint density at radius 1 is 1.41 bits per heavy atom. The number of carbonyl (C=O) groups is 1. The zero-order valence-electron chi connectivity index (χ0n) is 11.5. The molecule has 3 N–H and O–H groups in total. The highest BCUT2D eigenvalue weighted by Crippen LogP contribution is 2.28. The maximum Gasteiger partial charge on any atom is 0.237 e. The molecule has 0 bridgehead atoms. The number of nitrogens with two attached hydrogens (primary N) is 1. The van der Waals surface area contributed by atoms with Crippen LogP contribution < -0.4 is 11.1 Å². The number of amides is 1. The Labute approximate surface area is 106 Å². The van der Waals surface area contributed by atoms with E-state index in [1.165, 1.54) is 12.8 Å². The predicted octanol–water partition coefficient (Wildman–Crippen LogP) is 2.44. The van der Waals surface area contributed by atoms with Crippen molar-refractivity contribution >= 4 is 5.91 Å². The van der Waals surface area contributed by atoms with Gasteiger partial charge in [0.05, 0.1) is 6.04 Å². The Bertz CT molecular complexity index is 242. The van der Waals surface area contributed by atoms with E-state index >= 15 is 0 Å². The molecule has 0 spiro atoms. The Balaban J connectivity index is 2.34. The summed E-state index contributed by atoms with van der Waals surface area (Å²) in [6.45, 7) is 6.65. The maximum atomic E-state index is 11.9. The van der Waals surface area contributed by atoms with E-state index in [1.54, 1.807) is 0 Å². The minimum absolute atomic E-state index is 0.0462. The van der Waals surface area contributed by atoms with Crippen molar-refractivity contribution in [2.75, 3.05) is 0 Å². The van der Waals surface area contributed by atoms with Gasteiger partial charge in [-0.2, -0.15) is 0 Å². The predicted molar refractivity (Wildman–Crippen MR) is 71.6 cm³/mol. The molecule has 0 aromatic carbocycles. The Kier molecular flexibility index (Phi) is 5.96. The van der Waals surface area contributed by atoms with E-state index in [-0.39, 0.29) is 11.9 Å². The molecule has 3 nitrogen and oxygen atoms in total. The van der Waals surface area contributed by atoms with Crippen molar-refractivity contribution in [1.82, 2.24) is 5.32 Å². The highest BCUT2D eigenvalue weighted by molar-refractivity contribution is 5.81. The van der Waals surface area contributed by atoms with Gasteiger partial charge in [-0.25, -0.2) is 0 Å². The lowest BCUT2D eigenvalue weighted by molar-refractivity contribution is -0.123. The maximum absolute atomic E-state index is 11.9. The number of hydrogen-bond donors (Lipinski definition) is 2. The minimum atomic E-state index is -0.318. The fourth-order valence-electron chi connectivity index (χ4n) is 2.72. The van der Waals surface area contributed by atoms with Crippen LogP contribution in [0.15, 0.2) is 0 Å². The van der Waals surface area contributed by atoms with Gasteiger partial charge in [-0.05, 0) is 37.5 Å². The summed E-state index contributed by atoms with van der Waals surface area (Å²) in [5.74, 6) is 1.43. The third kappa shape index (κ3) is 4.66. The first-order valence-electron chi connectivity index (χ1n) is 7.10. The summed E-state index contributed by atoms with van der Waals surface area (Å²) in [6, 6.07) is 0.0212.